The van der Waals surface area contributed by atoms with Crippen molar-refractivity contribution in [2.75, 3.05) is 26.1 Å². The molecule has 12 heavy (non-hydrogen) atoms. The molecular weight excluding hydrogens is 150 g/mol. The molecule has 0 saturated carbocycles. The van der Waals surface area contributed by atoms with Crippen molar-refractivity contribution in [3.8, 4) is 5.75 Å². The zero-order chi connectivity index (χ0) is 9.14. The van der Waals surface area contributed by atoms with Gasteiger partial charge in [-0.2, -0.15) is 0 Å². The summed E-state index contributed by atoms with van der Waals surface area (Å²) >= 11 is 0. The number of benzene rings is 1. The molecule has 2 nitrogen and oxygen atoms in total. The maximum absolute atomic E-state index is 5.22. The SMILES string of the molecule is COc1ccc(C)cc1N(C)C. The van der Waals surface area contributed by atoms with Crippen molar-refractivity contribution in [1.29, 1.82) is 0 Å². The molecule has 1 aromatic carbocycles. The second-order valence-corrected chi connectivity index (χ2v) is 3.07. The predicted molar refractivity (Wildman–Crippen MR) is 52.1 cm³/mol. The lowest BCUT2D eigenvalue weighted by Gasteiger charge is -2.16. The lowest BCUT2D eigenvalue weighted by molar-refractivity contribution is 0.415. The summed E-state index contributed by atoms with van der Waals surface area (Å²) < 4.78 is 5.22. The Morgan fingerprint density at radius 3 is 2.42 bits per heavy atom. The Hall–Kier alpha value is -1.18. The van der Waals surface area contributed by atoms with Crippen molar-refractivity contribution in [2.45, 2.75) is 6.92 Å². The lowest BCUT2D eigenvalue weighted by Crippen LogP contribution is -2.10. The average Bonchev–Trinajstić information content (AvgIpc) is 2.04. The predicted octanol–water partition coefficient (Wildman–Crippen LogP) is 2.07. The minimum Gasteiger partial charge on any atom is -0.495 e. The molecule has 0 radical (unpaired) electrons. The van der Waals surface area contributed by atoms with Gasteiger partial charge in [-0.25, -0.2) is 0 Å². The smallest absolute Gasteiger partial charge is 0.142 e. The maximum atomic E-state index is 5.22. The monoisotopic (exact) mass is 165 g/mol. The molecule has 0 heterocycles. The summed E-state index contributed by atoms with van der Waals surface area (Å²) in [6.45, 7) is 2.08. The van der Waals surface area contributed by atoms with Crippen molar-refractivity contribution >= 4 is 5.69 Å². The summed E-state index contributed by atoms with van der Waals surface area (Å²) in [4.78, 5) is 2.05. The number of methoxy groups -OCH3 is 1. The third-order valence-corrected chi connectivity index (χ3v) is 1.82. The Balaban J connectivity index is 3.12. The van der Waals surface area contributed by atoms with Crippen LogP contribution in [0.5, 0.6) is 5.75 Å². The van der Waals surface area contributed by atoms with Gasteiger partial charge in [-0.3, -0.25) is 0 Å². The number of rotatable bonds is 2. The van der Waals surface area contributed by atoms with Crippen molar-refractivity contribution in [3.05, 3.63) is 23.8 Å². The fraction of sp³-hybridized carbons (Fsp3) is 0.400. The topological polar surface area (TPSA) is 12.5 Å². The molecule has 0 atom stereocenters. The van der Waals surface area contributed by atoms with Gasteiger partial charge in [0.25, 0.3) is 0 Å². The first-order chi connectivity index (χ1) is 5.65. The van der Waals surface area contributed by atoms with E-state index in [1.54, 1.807) is 7.11 Å². The zero-order valence-electron chi connectivity index (χ0n) is 8.09. The van der Waals surface area contributed by atoms with E-state index in [-0.39, 0.29) is 0 Å². The quantitative estimate of drug-likeness (QED) is 0.665. The van der Waals surface area contributed by atoms with E-state index in [0.29, 0.717) is 0 Å². The van der Waals surface area contributed by atoms with E-state index in [4.69, 9.17) is 4.74 Å². The van der Waals surface area contributed by atoms with Gasteiger partial charge < -0.3 is 9.64 Å². The minimum atomic E-state index is 0.922. The van der Waals surface area contributed by atoms with Crippen LogP contribution in [0.4, 0.5) is 5.69 Å². The second kappa shape index (κ2) is 3.48. The van der Waals surface area contributed by atoms with Gasteiger partial charge in [-0.05, 0) is 24.6 Å². The fourth-order valence-electron chi connectivity index (χ4n) is 1.15. The second-order valence-electron chi connectivity index (χ2n) is 3.07. The Kier molecular flexibility index (Phi) is 2.58. The third kappa shape index (κ3) is 1.70. The Morgan fingerprint density at radius 1 is 1.25 bits per heavy atom. The summed E-state index contributed by atoms with van der Waals surface area (Å²) in [5.74, 6) is 0.922. The molecule has 2 heteroatoms. The summed E-state index contributed by atoms with van der Waals surface area (Å²) in [5.41, 5.74) is 2.37. The number of ether oxygens (including phenoxy) is 1. The van der Waals surface area contributed by atoms with E-state index in [0.717, 1.165) is 11.4 Å². The number of hydrogen-bond donors (Lipinski definition) is 0. The molecular formula is C10H15NO. The lowest BCUT2D eigenvalue weighted by atomic mass is 10.2. The normalized spacial score (nSPS) is 9.67. The minimum absolute atomic E-state index is 0.922. The van der Waals surface area contributed by atoms with Gasteiger partial charge in [-0.1, -0.05) is 6.07 Å². The zero-order valence-corrected chi connectivity index (χ0v) is 8.09. The number of anilines is 1. The summed E-state index contributed by atoms with van der Waals surface area (Å²) in [6, 6.07) is 6.15. The highest BCUT2D eigenvalue weighted by atomic mass is 16.5. The van der Waals surface area contributed by atoms with Crippen LogP contribution in [-0.2, 0) is 0 Å². The first-order valence-electron chi connectivity index (χ1n) is 3.97. The van der Waals surface area contributed by atoms with Crippen LogP contribution in [0.1, 0.15) is 5.56 Å². The van der Waals surface area contributed by atoms with Crippen molar-refractivity contribution in [1.82, 2.24) is 0 Å². The van der Waals surface area contributed by atoms with E-state index in [1.807, 2.05) is 31.1 Å². The molecule has 0 amide bonds. The molecule has 0 aliphatic heterocycles. The van der Waals surface area contributed by atoms with E-state index in [9.17, 15) is 0 Å². The molecule has 0 saturated heterocycles. The number of nitrogens with zero attached hydrogens (tertiary/aromatic N) is 1. The van der Waals surface area contributed by atoms with Crippen LogP contribution in [0, 0.1) is 6.92 Å². The van der Waals surface area contributed by atoms with E-state index < -0.39 is 0 Å². The van der Waals surface area contributed by atoms with Crippen LogP contribution >= 0.6 is 0 Å². The number of aryl methyl sites for hydroxylation is 1. The summed E-state index contributed by atoms with van der Waals surface area (Å²) in [7, 11) is 5.71. The van der Waals surface area contributed by atoms with E-state index >= 15 is 0 Å². The van der Waals surface area contributed by atoms with Gasteiger partial charge in [0.05, 0.1) is 12.8 Å². The van der Waals surface area contributed by atoms with E-state index in [2.05, 4.69) is 13.0 Å². The highest BCUT2D eigenvalue weighted by Gasteiger charge is 2.03. The Morgan fingerprint density at radius 2 is 1.92 bits per heavy atom. The maximum Gasteiger partial charge on any atom is 0.142 e. The van der Waals surface area contributed by atoms with Crippen molar-refractivity contribution < 1.29 is 4.74 Å². The first kappa shape index (κ1) is 8.91. The van der Waals surface area contributed by atoms with Crippen molar-refractivity contribution in [2.24, 2.45) is 0 Å². The van der Waals surface area contributed by atoms with Gasteiger partial charge in [0.15, 0.2) is 0 Å². The third-order valence-electron chi connectivity index (χ3n) is 1.82. The van der Waals surface area contributed by atoms with Gasteiger partial charge in [0.2, 0.25) is 0 Å². The van der Waals surface area contributed by atoms with Crippen LogP contribution < -0.4 is 9.64 Å². The molecule has 0 aliphatic rings. The van der Waals surface area contributed by atoms with Gasteiger partial charge in [-0.15, -0.1) is 0 Å². The van der Waals surface area contributed by atoms with Crippen LogP contribution in [-0.4, -0.2) is 21.2 Å². The largest absolute Gasteiger partial charge is 0.495 e. The average molecular weight is 165 g/mol. The van der Waals surface area contributed by atoms with Crippen LogP contribution in [0.3, 0.4) is 0 Å². The first-order valence-corrected chi connectivity index (χ1v) is 3.97. The van der Waals surface area contributed by atoms with Gasteiger partial charge in [0.1, 0.15) is 5.75 Å². The molecule has 0 spiro atoms. The highest BCUT2D eigenvalue weighted by Crippen LogP contribution is 2.27. The Bertz CT molecular complexity index is 269. The highest BCUT2D eigenvalue weighted by molar-refractivity contribution is 5.58. The molecule has 0 aliphatic carbocycles. The molecule has 0 bridgehead atoms. The molecule has 0 fully saturated rings. The molecule has 0 N–H and O–H groups in total. The summed E-state index contributed by atoms with van der Waals surface area (Å²) in [5, 5.41) is 0. The molecule has 0 aromatic heterocycles. The molecule has 0 unspecified atom stereocenters. The van der Waals surface area contributed by atoms with E-state index in [1.165, 1.54) is 5.56 Å². The fourth-order valence-corrected chi connectivity index (χ4v) is 1.15. The van der Waals surface area contributed by atoms with Crippen molar-refractivity contribution in [3.63, 3.8) is 0 Å². The number of hydrogen-bond acceptors (Lipinski definition) is 2. The van der Waals surface area contributed by atoms with Crippen LogP contribution in [0.2, 0.25) is 0 Å². The molecule has 1 aromatic rings. The standard InChI is InChI=1S/C10H15NO/c1-8-5-6-10(12-4)9(7-8)11(2)3/h5-7H,1-4H3. The molecule has 66 valence electrons. The summed E-state index contributed by atoms with van der Waals surface area (Å²) in [6.07, 6.45) is 0. The molecule has 1 rings (SSSR count). The van der Waals surface area contributed by atoms with Gasteiger partial charge in [0, 0.05) is 14.1 Å². The Labute approximate surface area is 73.8 Å². The van der Waals surface area contributed by atoms with Gasteiger partial charge >= 0.3 is 0 Å². The van der Waals surface area contributed by atoms with Crippen LogP contribution in [0.15, 0.2) is 18.2 Å². The van der Waals surface area contributed by atoms with Crippen LogP contribution in [0.25, 0.3) is 0 Å².